The lowest BCUT2D eigenvalue weighted by Gasteiger charge is -2.27. The molecule has 28 heavy (non-hydrogen) atoms. The van der Waals surface area contributed by atoms with Crippen molar-refractivity contribution in [2.45, 2.75) is 31.7 Å². The second kappa shape index (κ2) is 9.10. The van der Waals surface area contributed by atoms with E-state index in [2.05, 4.69) is 34.9 Å². The van der Waals surface area contributed by atoms with Crippen LogP contribution in [-0.4, -0.2) is 24.4 Å². The Bertz CT molecular complexity index is 857. The van der Waals surface area contributed by atoms with Crippen molar-refractivity contribution >= 4 is 29.2 Å². The third-order valence-corrected chi connectivity index (χ3v) is 5.34. The van der Waals surface area contributed by atoms with E-state index in [-0.39, 0.29) is 22.4 Å². The number of hydrazone groups is 1. The monoisotopic (exact) mass is 402 g/mol. The number of nitrogens with two attached hydrogens (primary N) is 1. The fraction of sp³-hybridized carbons (Fsp3) is 0.333. The Morgan fingerprint density at radius 2 is 2.00 bits per heavy atom. The molecule has 0 spiro atoms. The summed E-state index contributed by atoms with van der Waals surface area (Å²) in [5.74, 6) is -0.469. The molecular weight excluding hydrogens is 378 g/mol. The minimum Gasteiger partial charge on any atom is -0.375 e. The maximum absolute atomic E-state index is 14.6. The molecule has 0 saturated heterocycles. The van der Waals surface area contributed by atoms with Crippen molar-refractivity contribution < 1.29 is 8.78 Å². The molecule has 3 rings (SSSR count). The Morgan fingerprint density at radius 1 is 1.25 bits per heavy atom. The van der Waals surface area contributed by atoms with Crippen molar-refractivity contribution in [3.63, 3.8) is 0 Å². The first-order valence-electron chi connectivity index (χ1n) is 9.28. The van der Waals surface area contributed by atoms with Gasteiger partial charge in [0.1, 0.15) is 11.6 Å². The predicted octanol–water partition coefficient (Wildman–Crippen LogP) is 3.98. The van der Waals surface area contributed by atoms with Gasteiger partial charge in [-0.25, -0.2) is 8.78 Å². The Hall–Kier alpha value is -2.54. The van der Waals surface area contributed by atoms with Gasteiger partial charge in [0.25, 0.3) is 0 Å². The van der Waals surface area contributed by atoms with Crippen LogP contribution in [0, 0.1) is 17.6 Å². The normalized spacial score (nSPS) is 19.1. The summed E-state index contributed by atoms with van der Waals surface area (Å²) in [7, 11) is 1.83. The molecule has 0 bridgehead atoms. The molecule has 3 N–H and O–H groups in total. The van der Waals surface area contributed by atoms with E-state index in [0.717, 1.165) is 38.0 Å². The molecule has 2 aromatic rings. The van der Waals surface area contributed by atoms with E-state index in [0.29, 0.717) is 5.92 Å². The molecule has 1 unspecified atom stereocenters. The number of anilines is 1. The number of nitrogens with zero attached hydrogens (tertiary/aromatic N) is 2. The summed E-state index contributed by atoms with van der Waals surface area (Å²) in [6, 6.07) is 12.9. The fourth-order valence-corrected chi connectivity index (χ4v) is 3.87. The third-order valence-electron chi connectivity index (χ3n) is 5.25. The van der Waals surface area contributed by atoms with Crippen molar-refractivity contribution in [3.05, 3.63) is 65.2 Å². The third kappa shape index (κ3) is 5.04. The molecule has 2 atom stereocenters. The molecule has 2 aromatic carbocycles. The lowest BCUT2D eigenvalue weighted by Crippen LogP contribution is -2.30. The highest BCUT2D eigenvalue weighted by Gasteiger charge is 2.29. The zero-order valence-electron chi connectivity index (χ0n) is 15.7. The van der Waals surface area contributed by atoms with Crippen molar-refractivity contribution in [2.24, 2.45) is 16.8 Å². The van der Waals surface area contributed by atoms with Crippen LogP contribution >= 0.6 is 12.2 Å². The Morgan fingerprint density at radius 3 is 2.71 bits per heavy atom. The molecule has 7 heteroatoms. The number of thiocarbonyl (C=S) groups is 1. The van der Waals surface area contributed by atoms with E-state index in [4.69, 9.17) is 5.73 Å². The van der Waals surface area contributed by atoms with Gasteiger partial charge >= 0.3 is 0 Å². The standard InChI is InChI=1S/C21H24F2N4S/c1-27(17-8-7-15(10-17)9-14-5-3-2-4-6-14)20-12-18(22)16(11-19(20)23)13-25-26-21(24)28/h2-6,11-13,15,17H,7-10H2,1H3,(H3,24,26,28)/t15?,17-/m1/s1. The van der Waals surface area contributed by atoms with E-state index >= 15 is 0 Å². The van der Waals surface area contributed by atoms with Crippen molar-refractivity contribution in [2.75, 3.05) is 11.9 Å². The van der Waals surface area contributed by atoms with Gasteiger partial charge in [0, 0.05) is 24.7 Å². The first kappa shape index (κ1) is 20.2. The first-order chi connectivity index (χ1) is 13.4. The number of benzene rings is 2. The summed E-state index contributed by atoms with van der Waals surface area (Å²) in [5, 5.41) is 3.64. The maximum atomic E-state index is 14.6. The van der Waals surface area contributed by atoms with Gasteiger partial charge in [-0.05, 0) is 55.4 Å². The molecule has 0 radical (unpaired) electrons. The predicted molar refractivity (Wildman–Crippen MR) is 114 cm³/mol. The highest BCUT2D eigenvalue weighted by atomic mass is 32.1. The molecule has 1 fully saturated rings. The van der Waals surface area contributed by atoms with Gasteiger partial charge < -0.3 is 10.6 Å². The van der Waals surface area contributed by atoms with E-state index in [1.807, 2.05) is 30.1 Å². The van der Waals surface area contributed by atoms with E-state index in [1.165, 1.54) is 11.6 Å². The lowest BCUT2D eigenvalue weighted by atomic mass is 9.98. The summed E-state index contributed by atoms with van der Waals surface area (Å²) in [5.41, 5.74) is 9.20. The smallest absolute Gasteiger partial charge is 0.184 e. The molecule has 0 aromatic heterocycles. The summed E-state index contributed by atoms with van der Waals surface area (Å²) < 4.78 is 29.0. The van der Waals surface area contributed by atoms with Crippen LogP contribution in [0.5, 0.6) is 0 Å². The molecule has 0 heterocycles. The fourth-order valence-electron chi connectivity index (χ4n) is 3.82. The highest BCUT2D eigenvalue weighted by Crippen LogP contribution is 2.34. The average molecular weight is 403 g/mol. The van der Waals surface area contributed by atoms with E-state index in [1.54, 1.807) is 0 Å². The summed E-state index contributed by atoms with van der Waals surface area (Å²) in [6.45, 7) is 0. The molecule has 0 aliphatic heterocycles. The number of hydrogen-bond donors (Lipinski definition) is 2. The summed E-state index contributed by atoms with van der Waals surface area (Å²) in [6.07, 6.45) is 5.20. The highest BCUT2D eigenvalue weighted by molar-refractivity contribution is 7.80. The topological polar surface area (TPSA) is 53.6 Å². The second-order valence-corrected chi connectivity index (χ2v) is 7.63. The van der Waals surface area contributed by atoms with Crippen LogP contribution in [0.15, 0.2) is 47.6 Å². The molecular formula is C21H24F2N4S. The van der Waals surface area contributed by atoms with Crippen LogP contribution in [0.2, 0.25) is 0 Å². The Labute approximate surface area is 169 Å². The Kier molecular flexibility index (Phi) is 6.57. The van der Waals surface area contributed by atoms with E-state index in [9.17, 15) is 8.78 Å². The first-order valence-corrected chi connectivity index (χ1v) is 9.69. The zero-order valence-corrected chi connectivity index (χ0v) is 16.6. The molecule has 0 amide bonds. The molecule has 4 nitrogen and oxygen atoms in total. The van der Waals surface area contributed by atoms with Crippen LogP contribution in [-0.2, 0) is 6.42 Å². The van der Waals surface area contributed by atoms with Crippen LogP contribution < -0.4 is 16.1 Å². The van der Waals surface area contributed by atoms with Crippen LogP contribution in [0.25, 0.3) is 0 Å². The lowest BCUT2D eigenvalue weighted by molar-refractivity contribution is 0.524. The average Bonchev–Trinajstić information content (AvgIpc) is 3.12. The van der Waals surface area contributed by atoms with Crippen molar-refractivity contribution in [3.8, 4) is 0 Å². The second-order valence-electron chi connectivity index (χ2n) is 7.19. The summed E-state index contributed by atoms with van der Waals surface area (Å²) >= 11 is 4.61. The van der Waals surface area contributed by atoms with Gasteiger partial charge in [0.05, 0.1) is 11.9 Å². The Balaban J connectivity index is 1.67. The zero-order chi connectivity index (χ0) is 20.1. The molecule has 1 aliphatic carbocycles. The van der Waals surface area contributed by atoms with Crippen LogP contribution in [0.3, 0.4) is 0 Å². The quantitative estimate of drug-likeness (QED) is 0.436. The molecule has 148 valence electrons. The number of halogens is 2. The van der Waals surface area contributed by atoms with Crippen LogP contribution in [0.1, 0.15) is 30.4 Å². The van der Waals surface area contributed by atoms with Crippen LogP contribution in [0.4, 0.5) is 14.5 Å². The van der Waals surface area contributed by atoms with Gasteiger partial charge in [-0.15, -0.1) is 0 Å². The SMILES string of the molecule is CN(c1cc(F)c(C=NNC(N)=S)cc1F)[C@@H]1CCC(Cc2ccccc2)C1. The summed E-state index contributed by atoms with van der Waals surface area (Å²) in [4.78, 5) is 1.86. The number of rotatable bonds is 6. The largest absolute Gasteiger partial charge is 0.375 e. The molecule has 1 saturated carbocycles. The number of hydrogen-bond acceptors (Lipinski definition) is 3. The van der Waals surface area contributed by atoms with Gasteiger partial charge in [-0.2, -0.15) is 5.10 Å². The van der Waals surface area contributed by atoms with Gasteiger partial charge in [-0.1, -0.05) is 30.3 Å². The minimum atomic E-state index is -0.546. The van der Waals surface area contributed by atoms with Crippen molar-refractivity contribution in [1.29, 1.82) is 0 Å². The number of nitrogens with one attached hydrogen (secondary N) is 1. The van der Waals surface area contributed by atoms with E-state index < -0.39 is 11.6 Å². The van der Waals surface area contributed by atoms with Gasteiger partial charge in [0.2, 0.25) is 0 Å². The van der Waals surface area contributed by atoms with Crippen molar-refractivity contribution in [1.82, 2.24) is 5.43 Å². The van der Waals surface area contributed by atoms with Gasteiger partial charge in [0.15, 0.2) is 5.11 Å². The molecule has 1 aliphatic rings. The minimum absolute atomic E-state index is 0.0341. The maximum Gasteiger partial charge on any atom is 0.184 e. The van der Waals surface area contributed by atoms with Gasteiger partial charge in [-0.3, -0.25) is 5.43 Å².